The molecule has 1 aliphatic rings. The minimum absolute atomic E-state index is 0.176. The monoisotopic (exact) mass is 386 g/mol. The van der Waals surface area contributed by atoms with Crippen LogP contribution in [0.15, 0.2) is 24.3 Å². The molecule has 0 aliphatic carbocycles. The van der Waals surface area contributed by atoms with Crippen molar-refractivity contribution in [2.24, 2.45) is 0 Å². The van der Waals surface area contributed by atoms with E-state index >= 15 is 0 Å². The predicted octanol–water partition coefficient (Wildman–Crippen LogP) is 3.08. The summed E-state index contributed by atoms with van der Waals surface area (Å²) in [5.41, 5.74) is 0.545. The van der Waals surface area contributed by atoms with E-state index in [0.717, 1.165) is 10.2 Å². The van der Waals surface area contributed by atoms with Crippen LogP contribution in [0.5, 0.6) is 0 Å². The van der Waals surface area contributed by atoms with Gasteiger partial charge in [-0.2, -0.15) is 18.3 Å². The molecule has 0 saturated carbocycles. The smallest absolute Gasteiger partial charge is 0.348 e. The summed E-state index contributed by atoms with van der Waals surface area (Å²) in [4.78, 5) is 12.3. The van der Waals surface area contributed by atoms with E-state index in [-0.39, 0.29) is 31.1 Å². The van der Waals surface area contributed by atoms with Crippen LogP contribution in [0.3, 0.4) is 0 Å². The molecule has 0 bridgehead atoms. The maximum Gasteiger partial charge on any atom is 0.435 e. The van der Waals surface area contributed by atoms with Crippen molar-refractivity contribution in [3.63, 3.8) is 0 Å². The summed E-state index contributed by atoms with van der Waals surface area (Å²) in [5, 5.41) is 10.0. The van der Waals surface area contributed by atoms with Crippen LogP contribution in [-0.2, 0) is 30.5 Å². The average Bonchev–Trinajstić information content (AvgIpc) is 2.94. The van der Waals surface area contributed by atoms with Crippen LogP contribution in [-0.4, -0.2) is 22.2 Å². The Morgan fingerprint density at radius 3 is 2.73 bits per heavy atom. The van der Waals surface area contributed by atoms with Crippen molar-refractivity contribution in [1.29, 1.82) is 0 Å². The normalized spacial score (nSPS) is 15.4. The zero-order chi connectivity index (χ0) is 18.9. The summed E-state index contributed by atoms with van der Waals surface area (Å²) < 4.78 is 40.7. The fourth-order valence-electron chi connectivity index (χ4n) is 3.03. The van der Waals surface area contributed by atoms with Gasteiger partial charge in [-0.25, -0.2) is 0 Å². The van der Waals surface area contributed by atoms with Gasteiger partial charge in [0.25, 0.3) is 0 Å². The number of benzene rings is 1. The Balaban J connectivity index is 1.75. The molecule has 1 aromatic heterocycles. The van der Waals surface area contributed by atoms with Crippen molar-refractivity contribution in [2.75, 3.05) is 6.54 Å². The van der Waals surface area contributed by atoms with Crippen molar-refractivity contribution in [1.82, 2.24) is 20.4 Å². The number of carbonyl (C=O) groups excluding carboxylic acids is 1. The number of hydrogen-bond acceptors (Lipinski definition) is 3. The third-order valence-electron chi connectivity index (χ3n) is 4.32. The van der Waals surface area contributed by atoms with Crippen molar-refractivity contribution in [3.8, 4) is 0 Å². The molecule has 140 valence electrons. The first-order valence-electron chi connectivity index (χ1n) is 8.17. The van der Waals surface area contributed by atoms with E-state index < -0.39 is 17.8 Å². The minimum atomic E-state index is -4.53. The molecule has 26 heavy (non-hydrogen) atoms. The Hall–Kier alpha value is -2.06. The Kier molecular flexibility index (Phi) is 5.24. The zero-order valence-electron chi connectivity index (χ0n) is 14.0. The van der Waals surface area contributed by atoms with Crippen molar-refractivity contribution in [2.45, 2.75) is 38.7 Å². The highest BCUT2D eigenvalue weighted by atomic mass is 35.5. The second-order valence-electron chi connectivity index (χ2n) is 6.20. The number of fused-ring (bicyclic) bond motifs is 1. The predicted molar refractivity (Wildman–Crippen MR) is 90.6 cm³/mol. The fourth-order valence-corrected chi connectivity index (χ4v) is 3.16. The summed E-state index contributed by atoms with van der Waals surface area (Å²) >= 11 is 5.84. The first kappa shape index (κ1) is 18.7. The molecule has 9 heteroatoms. The Morgan fingerprint density at radius 2 is 2.08 bits per heavy atom. The van der Waals surface area contributed by atoms with Gasteiger partial charge >= 0.3 is 6.18 Å². The standard InChI is InChI=1S/C17H18ClF3N4O/c1-10(11-2-4-12(18)5-3-11)23-15(26)9-25-14-8-22-7-6-13(14)16(24-25)17(19,20)21/h2-5,10,22H,6-9H2,1H3,(H,23,26). The summed E-state index contributed by atoms with van der Waals surface area (Å²) in [5.74, 6) is -0.406. The second-order valence-corrected chi connectivity index (χ2v) is 6.63. The third-order valence-corrected chi connectivity index (χ3v) is 4.57. The average molecular weight is 387 g/mol. The first-order chi connectivity index (χ1) is 12.3. The van der Waals surface area contributed by atoms with Gasteiger partial charge < -0.3 is 10.6 Å². The molecule has 0 radical (unpaired) electrons. The topological polar surface area (TPSA) is 59.0 Å². The Morgan fingerprint density at radius 1 is 1.38 bits per heavy atom. The number of rotatable bonds is 4. The van der Waals surface area contributed by atoms with E-state index in [4.69, 9.17) is 11.6 Å². The summed E-state index contributed by atoms with van der Waals surface area (Å²) in [6.07, 6.45) is -4.28. The molecular formula is C17H18ClF3N4O. The molecule has 1 amide bonds. The maximum atomic E-state index is 13.2. The number of amides is 1. The Labute approximate surface area is 153 Å². The first-order valence-corrected chi connectivity index (χ1v) is 8.55. The zero-order valence-corrected chi connectivity index (χ0v) is 14.8. The van der Waals surface area contributed by atoms with Gasteiger partial charge in [0.05, 0.1) is 11.7 Å². The number of halogens is 4. The fraction of sp³-hybridized carbons (Fsp3) is 0.412. The summed E-state index contributed by atoms with van der Waals surface area (Å²) in [7, 11) is 0. The quantitative estimate of drug-likeness (QED) is 0.849. The van der Waals surface area contributed by atoms with Crippen LogP contribution in [0, 0.1) is 0 Å². The number of nitrogens with one attached hydrogen (secondary N) is 2. The Bertz CT molecular complexity index is 802. The lowest BCUT2D eigenvalue weighted by Gasteiger charge is -2.17. The summed E-state index contributed by atoms with van der Waals surface area (Å²) in [6, 6.07) is 6.70. The molecular weight excluding hydrogens is 369 g/mol. The van der Waals surface area contributed by atoms with Gasteiger partial charge in [0.2, 0.25) is 5.91 Å². The number of alkyl halides is 3. The molecule has 0 fully saturated rings. The molecule has 3 rings (SSSR count). The van der Waals surface area contributed by atoms with E-state index in [1.807, 2.05) is 0 Å². The van der Waals surface area contributed by atoms with Gasteiger partial charge in [-0.3, -0.25) is 9.48 Å². The van der Waals surface area contributed by atoms with Gasteiger partial charge in [-0.05, 0) is 37.6 Å². The number of nitrogens with zero attached hydrogens (tertiary/aromatic N) is 2. The molecule has 2 N–H and O–H groups in total. The molecule has 0 spiro atoms. The number of hydrogen-bond donors (Lipinski definition) is 2. The van der Waals surface area contributed by atoms with Crippen LogP contribution in [0.25, 0.3) is 0 Å². The molecule has 1 atom stereocenters. The van der Waals surface area contributed by atoms with Gasteiger partial charge in [-0.15, -0.1) is 0 Å². The minimum Gasteiger partial charge on any atom is -0.348 e. The highest BCUT2D eigenvalue weighted by Gasteiger charge is 2.39. The van der Waals surface area contributed by atoms with E-state index in [1.165, 1.54) is 0 Å². The second kappa shape index (κ2) is 7.28. The lowest BCUT2D eigenvalue weighted by Crippen LogP contribution is -2.32. The number of carbonyl (C=O) groups is 1. The van der Waals surface area contributed by atoms with E-state index in [9.17, 15) is 18.0 Å². The molecule has 5 nitrogen and oxygen atoms in total. The van der Waals surface area contributed by atoms with Gasteiger partial charge in [0.15, 0.2) is 5.69 Å². The molecule has 1 unspecified atom stereocenters. The SMILES string of the molecule is CC(NC(=O)Cn1nc(C(F)(F)F)c2c1CNCC2)c1ccc(Cl)cc1. The molecule has 2 aromatic rings. The molecule has 0 saturated heterocycles. The third kappa shape index (κ3) is 4.02. The van der Waals surface area contributed by atoms with Gasteiger partial charge in [0, 0.05) is 17.1 Å². The maximum absolute atomic E-state index is 13.2. The van der Waals surface area contributed by atoms with Gasteiger partial charge in [-0.1, -0.05) is 23.7 Å². The lowest BCUT2D eigenvalue weighted by atomic mass is 10.1. The van der Waals surface area contributed by atoms with E-state index in [1.54, 1.807) is 31.2 Å². The van der Waals surface area contributed by atoms with E-state index in [2.05, 4.69) is 15.7 Å². The number of aromatic nitrogens is 2. The van der Waals surface area contributed by atoms with Crippen LogP contribution in [0.4, 0.5) is 13.2 Å². The van der Waals surface area contributed by atoms with Crippen LogP contribution in [0.2, 0.25) is 5.02 Å². The van der Waals surface area contributed by atoms with Crippen LogP contribution >= 0.6 is 11.6 Å². The van der Waals surface area contributed by atoms with E-state index in [0.29, 0.717) is 17.3 Å². The van der Waals surface area contributed by atoms with Crippen LogP contribution < -0.4 is 10.6 Å². The molecule has 2 heterocycles. The van der Waals surface area contributed by atoms with Crippen molar-refractivity contribution in [3.05, 3.63) is 51.8 Å². The van der Waals surface area contributed by atoms with Crippen molar-refractivity contribution < 1.29 is 18.0 Å². The van der Waals surface area contributed by atoms with Crippen LogP contribution in [0.1, 0.15) is 35.5 Å². The largest absolute Gasteiger partial charge is 0.435 e. The highest BCUT2D eigenvalue weighted by molar-refractivity contribution is 6.30. The van der Waals surface area contributed by atoms with Gasteiger partial charge in [0.1, 0.15) is 6.54 Å². The molecule has 1 aliphatic heterocycles. The molecule has 1 aromatic carbocycles. The summed E-state index contributed by atoms with van der Waals surface area (Å²) in [6.45, 7) is 2.25. The highest BCUT2D eigenvalue weighted by Crippen LogP contribution is 2.33. The lowest BCUT2D eigenvalue weighted by molar-refractivity contribution is -0.142. The van der Waals surface area contributed by atoms with Crippen molar-refractivity contribution >= 4 is 17.5 Å².